The molecule has 2 rings (SSSR count). The summed E-state index contributed by atoms with van der Waals surface area (Å²) in [5.74, 6) is -0.139. The Hall–Kier alpha value is -2.56. The molecule has 116 valence electrons. The Labute approximate surface area is 129 Å². The number of ether oxygens (including phenoxy) is 2. The molecule has 0 unspecified atom stereocenters. The van der Waals surface area contributed by atoms with Crippen molar-refractivity contribution in [1.29, 1.82) is 0 Å². The molecule has 22 heavy (non-hydrogen) atoms. The van der Waals surface area contributed by atoms with Crippen LogP contribution in [0.4, 0.5) is 0 Å². The number of hydrogen-bond donors (Lipinski definition) is 1. The van der Waals surface area contributed by atoms with Crippen molar-refractivity contribution < 1.29 is 19.1 Å². The van der Waals surface area contributed by atoms with Crippen molar-refractivity contribution in [3.05, 3.63) is 42.0 Å². The van der Waals surface area contributed by atoms with Gasteiger partial charge in [0.1, 0.15) is 5.75 Å². The molecule has 2 N–H and O–H groups in total. The van der Waals surface area contributed by atoms with Crippen LogP contribution in [-0.2, 0) is 9.53 Å². The molecule has 0 saturated carbocycles. The average molecular weight is 301 g/mol. The minimum atomic E-state index is -0.498. The molecule has 5 nitrogen and oxygen atoms in total. The molecular weight excluding hydrogens is 282 g/mol. The number of carbonyl (C=O) groups excluding carboxylic acids is 2. The zero-order valence-electron chi connectivity index (χ0n) is 12.5. The molecule has 0 fully saturated rings. The summed E-state index contributed by atoms with van der Waals surface area (Å²) in [7, 11) is 0. The first-order valence-electron chi connectivity index (χ1n) is 7.23. The Bertz CT molecular complexity index is 681. The van der Waals surface area contributed by atoms with Crippen molar-refractivity contribution in [2.24, 2.45) is 5.73 Å². The van der Waals surface area contributed by atoms with Crippen LogP contribution >= 0.6 is 0 Å². The van der Waals surface area contributed by atoms with Gasteiger partial charge in [0.25, 0.3) is 0 Å². The van der Waals surface area contributed by atoms with E-state index in [4.69, 9.17) is 15.2 Å². The van der Waals surface area contributed by atoms with Gasteiger partial charge in [-0.15, -0.1) is 0 Å². The van der Waals surface area contributed by atoms with E-state index < -0.39 is 5.91 Å². The number of hydrogen-bond acceptors (Lipinski definition) is 4. The Morgan fingerprint density at radius 2 is 1.95 bits per heavy atom. The number of amides is 1. The van der Waals surface area contributed by atoms with Gasteiger partial charge in [0.05, 0.1) is 13.2 Å². The fourth-order valence-corrected chi connectivity index (χ4v) is 2.17. The van der Waals surface area contributed by atoms with E-state index in [1.165, 1.54) is 0 Å². The van der Waals surface area contributed by atoms with Gasteiger partial charge < -0.3 is 15.2 Å². The van der Waals surface area contributed by atoms with Crippen LogP contribution < -0.4 is 10.5 Å². The van der Waals surface area contributed by atoms with Crippen molar-refractivity contribution in [1.82, 2.24) is 0 Å². The van der Waals surface area contributed by atoms with E-state index in [0.29, 0.717) is 37.4 Å². The number of esters is 1. The average Bonchev–Trinajstić information content (AvgIpc) is 2.51. The quantitative estimate of drug-likeness (QED) is 0.630. The fraction of sp³-hybridized carbons (Fsp3) is 0.294. The third-order valence-corrected chi connectivity index (χ3v) is 3.20. The van der Waals surface area contributed by atoms with Crippen LogP contribution in [0.2, 0.25) is 0 Å². The second kappa shape index (κ2) is 7.45. The first-order valence-corrected chi connectivity index (χ1v) is 7.23. The molecule has 0 aliphatic heterocycles. The van der Waals surface area contributed by atoms with E-state index >= 15 is 0 Å². The Kier molecular flexibility index (Phi) is 5.36. The summed E-state index contributed by atoms with van der Waals surface area (Å²) in [4.78, 5) is 22.7. The minimum absolute atomic E-state index is 0.234. The van der Waals surface area contributed by atoms with Gasteiger partial charge in [0, 0.05) is 17.4 Å². The molecule has 0 aliphatic carbocycles. The molecular formula is C17H19NO4. The zero-order valence-corrected chi connectivity index (χ0v) is 12.5. The van der Waals surface area contributed by atoms with Gasteiger partial charge in [-0.05, 0) is 30.9 Å². The number of rotatable bonds is 7. The predicted octanol–water partition coefficient (Wildman–Crippen LogP) is 2.66. The molecule has 2 aromatic rings. The lowest BCUT2D eigenvalue weighted by Crippen LogP contribution is -2.11. The number of fused-ring (bicyclic) bond motifs is 1. The molecule has 0 spiro atoms. The highest BCUT2D eigenvalue weighted by molar-refractivity contribution is 6.00. The van der Waals surface area contributed by atoms with E-state index in [9.17, 15) is 9.59 Å². The maximum absolute atomic E-state index is 11.4. The summed E-state index contributed by atoms with van der Waals surface area (Å²) >= 11 is 0. The highest BCUT2D eigenvalue weighted by Gasteiger charge is 2.09. The van der Waals surface area contributed by atoms with Gasteiger partial charge in [0.15, 0.2) is 0 Å². The lowest BCUT2D eigenvalue weighted by molar-refractivity contribution is -0.143. The molecule has 0 aliphatic rings. The summed E-state index contributed by atoms with van der Waals surface area (Å²) in [5, 5.41) is 1.79. The van der Waals surface area contributed by atoms with Crippen molar-refractivity contribution >= 4 is 22.6 Å². The van der Waals surface area contributed by atoms with Crippen LogP contribution in [0.5, 0.6) is 5.75 Å². The lowest BCUT2D eigenvalue weighted by atomic mass is 10.1. The second-order valence-corrected chi connectivity index (χ2v) is 4.82. The minimum Gasteiger partial charge on any atom is -0.493 e. The normalized spacial score (nSPS) is 10.4. The van der Waals surface area contributed by atoms with Crippen LogP contribution in [0.25, 0.3) is 10.8 Å². The van der Waals surface area contributed by atoms with Gasteiger partial charge in [-0.25, -0.2) is 0 Å². The molecule has 0 heterocycles. The van der Waals surface area contributed by atoms with Crippen LogP contribution in [0.3, 0.4) is 0 Å². The van der Waals surface area contributed by atoms with Gasteiger partial charge >= 0.3 is 5.97 Å². The van der Waals surface area contributed by atoms with Gasteiger partial charge in [-0.2, -0.15) is 0 Å². The topological polar surface area (TPSA) is 78.6 Å². The number of benzene rings is 2. The van der Waals surface area contributed by atoms with Gasteiger partial charge in [-0.1, -0.05) is 24.3 Å². The Morgan fingerprint density at radius 3 is 2.68 bits per heavy atom. The van der Waals surface area contributed by atoms with E-state index in [-0.39, 0.29) is 5.97 Å². The summed E-state index contributed by atoms with van der Waals surface area (Å²) in [6.07, 6.45) is 0.856. The van der Waals surface area contributed by atoms with Crippen LogP contribution in [-0.4, -0.2) is 25.1 Å². The zero-order chi connectivity index (χ0) is 15.9. The van der Waals surface area contributed by atoms with E-state index in [1.807, 2.05) is 24.3 Å². The lowest BCUT2D eigenvalue weighted by Gasteiger charge is -2.11. The standard InChI is InChI=1S/C17H19NO4/c1-2-21-16(19)8-5-9-22-15-11-13(17(18)20)10-12-6-3-4-7-14(12)15/h3-4,6-7,10-11H,2,5,8-9H2,1H3,(H2,18,20). The smallest absolute Gasteiger partial charge is 0.305 e. The maximum atomic E-state index is 11.4. The Morgan fingerprint density at radius 1 is 1.18 bits per heavy atom. The van der Waals surface area contributed by atoms with Crippen LogP contribution in [0.1, 0.15) is 30.1 Å². The van der Waals surface area contributed by atoms with E-state index in [2.05, 4.69) is 0 Å². The molecule has 5 heteroatoms. The van der Waals surface area contributed by atoms with Crippen LogP contribution in [0, 0.1) is 0 Å². The molecule has 0 saturated heterocycles. The van der Waals surface area contributed by atoms with Crippen LogP contribution in [0.15, 0.2) is 36.4 Å². The fourth-order valence-electron chi connectivity index (χ4n) is 2.17. The van der Waals surface area contributed by atoms with Crippen molar-refractivity contribution in [3.8, 4) is 5.75 Å². The molecule has 2 aromatic carbocycles. The van der Waals surface area contributed by atoms with Gasteiger partial charge in [-0.3, -0.25) is 9.59 Å². The summed E-state index contributed by atoms with van der Waals surface area (Å²) in [6.45, 7) is 2.52. The third kappa shape index (κ3) is 3.97. The highest BCUT2D eigenvalue weighted by atomic mass is 16.5. The largest absolute Gasteiger partial charge is 0.493 e. The summed E-state index contributed by atoms with van der Waals surface area (Å²) in [6, 6.07) is 11.0. The number of primary amides is 1. The highest BCUT2D eigenvalue weighted by Crippen LogP contribution is 2.27. The van der Waals surface area contributed by atoms with Crippen molar-refractivity contribution in [2.75, 3.05) is 13.2 Å². The third-order valence-electron chi connectivity index (χ3n) is 3.20. The maximum Gasteiger partial charge on any atom is 0.305 e. The van der Waals surface area contributed by atoms with E-state index in [0.717, 1.165) is 10.8 Å². The van der Waals surface area contributed by atoms with E-state index in [1.54, 1.807) is 19.1 Å². The summed E-state index contributed by atoms with van der Waals surface area (Å²) < 4.78 is 10.6. The Balaban J connectivity index is 2.09. The number of carbonyl (C=O) groups is 2. The molecule has 1 amide bonds. The van der Waals surface area contributed by atoms with Crippen molar-refractivity contribution in [2.45, 2.75) is 19.8 Å². The molecule has 0 aromatic heterocycles. The molecule has 0 atom stereocenters. The first-order chi connectivity index (χ1) is 10.6. The monoisotopic (exact) mass is 301 g/mol. The second-order valence-electron chi connectivity index (χ2n) is 4.82. The van der Waals surface area contributed by atoms with Gasteiger partial charge in [0.2, 0.25) is 5.91 Å². The predicted molar refractivity (Wildman–Crippen MR) is 83.8 cm³/mol. The SMILES string of the molecule is CCOC(=O)CCCOc1cc(C(N)=O)cc2ccccc12. The summed E-state index contributed by atoms with van der Waals surface area (Å²) in [5.41, 5.74) is 5.75. The molecule has 0 radical (unpaired) electrons. The number of nitrogens with two attached hydrogens (primary N) is 1. The first kappa shape index (κ1) is 15.8. The molecule has 0 bridgehead atoms. The van der Waals surface area contributed by atoms with Crippen molar-refractivity contribution in [3.63, 3.8) is 0 Å².